The molecule has 0 unspecified atom stereocenters. The number of aryl methyl sites for hydroxylation is 1. The van der Waals surface area contributed by atoms with Crippen LogP contribution in [0.3, 0.4) is 0 Å². The molecule has 0 spiro atoms. The molecule has 0 aromatic heterocycles. The Bertz CT molecular complexity index is 302. The highest BCUT2D eigenvalue weighted by Gasteiger charge is 1.95. The Hall–Kier alpha value is -0.980. The molecule has 1 radical (unpaired) electrons. The molecule has 0 amide bonds. The summed E-state index contributed by atoms with van der Waals surface area (Å²) < 4.78 is 0. The summed E-state index contributed by atoms with van der Waals surface area (Å²) in [6.45, 7) is 2.28. The lowest BCUT2D eigenvalue weighted by Gasteiger charge is -2.03. The zero-order valence-corrected chi connectivity index (χ0v) is 12.6. The quantitative estimate of drug-likeness (QED) is 0.431. The molecule has 1 aromatic carbocycles. The van der Waals surface area contributed by atoms with Crippen molar-refractivity contribution < 1.29 is 0 Å². The Morgan fingerprint density at radius 2 is 1.16 bits per heavy atom. The number of hydrogen-bond acceptors (Lipinski definition) is 0. The summed E-state index contributed by atoms with van der Waals surface area (Å²) in [7, 11) is 0. The molecule has 0 fully saturated rings. The second-order valence-electron chi connectivity index (χ2n) is 5.63. The van der Waals surface area contributed by atoms with E-state index in [1.54, 1.807) is 0 Å². The Balaban J connectivity index is 1.87. The topological polar surface area (TPSA) is 23.8 Å². The van der Waals surface area contributed by atoms with E-state index in [-0.39, 0.29) is 0 Å². The van der Waals surface area contributed by atoms with Gasteiger partial charge in [0.15, 0.2) is 0 Å². The Morgan fingerprint density at radius 1 is 0.684 bits per heavy atom. The highest BCUT2D eigenvalue weighted by molar-refractivity contribution is 5.35. The molecule has 1 aromatic rings. The van der Waals surface area contributed by atoms with Crippen LogP contribution in [0.15, 0.2) is 24.3 Å². The zero-order chi connectivity index (χ0) is 13.8. The lowest BCUT2D eigenvalue weighted by molar-refractivity contribution is 0.556. The summed E-state index contributed by atoms with van der Waals surface area (Å²) in [6, 6.07) is 7.98. The van der Waals surface area contributed by atoms with Crippen LogP contribution >= 0.6 is 0 Å². The van der Waals surface area contributed by atoms with Crippen molar-refractivity contribution in [3.8, 4) is 0 Å². The van der Waals surface area contributed by atoms with Crippen LogP contribution in [0, 0.1) is 0 Å². The SMILES string of the molecule is CCCCCCCCCCCCc1ccc([NH])cc1. The van der Waals surface area contributed by atoms with Gasteiger partial charge in [0.1, 0.15) is 0 Å². The maximum atomic E-state index is 7.44. The molecule has 0 saturated heterocycles. The van der Waals surface area contributed by atoms with Crippen molar-refractivity contribution in [2.45, 2.75) is 77.6 Å². The summed E-state index contributed by atoms with van der Waals surface area (Å²) in [5.41, 5.74) is 9.44. The van der Waals surface area contributed by atoms with Crippen LogP contribution in [-0.2, 0) is 6.42 Å². The van der Waals surface area contributed by atoms with E-state index >= 15 is 0 Å². The van der Waals surface area contributed by atoms with Gasteiger partial charge in [-0.15, -0.1) is 0 Å². The molecule has 1 rings (SSSR count). The second kappa shape index (κ2) is 10.9. The van der Waals surface area contributed by atoms with Crippen molar-refractivity contribution in [2.24, 2.45) is 0 Å². The normalized spacial score (nSPS) is 10.8. The molecular weight excluding hydrogens is 230 g/mol. The van der Waals surface area contributed by atoms with Gasteiger partial charge in [-0.3, -0.25) is 0 Å². The van der Waals surface area contributed by atoms with E-state index in [0.29, 0.717) is 5.69 Å². The van der Waals surface area contributed by atoms with Crippen LogP contribution < -0.4 is 5.73 Å². The summed E-state index contributed by atoms with van der Waals surface area (Å²) in [6.07, 6.45) is 15.1. The molecular formula is C18H30N. The fourth-order valence-corrected chi connectivity index (χ4v) is 2.49. The molecule has 0 atom stereocenters. The third kappa shape index (κ3) is 8.69. The molecule has 0 aliphatic rings. The molecule has 0 saturated carbocycles. The van der Waals surface area contributed by atoms with Crippen molar-refractivity contribution >= 4 is 5.69 Å². The lowest BCUT2D eigenvalue weighted by atomic mass is 10.0. The van der Waals surface area contributed by atoms with E-state index in [1.165, 1.54) is 76.2 Å². The molecule has 1 nitrogen and oxygen atoms in total. The highest BCUT2D eigenvalue weighted by atomic mass is 14.5. The summed E-state index contributed by atoms with van der Waals surface area (Å²) in [4.78, 5) is 0. The first-order valence-corrected chi connectivity index (χ1v) is 8.13. The molecule has 0 aliphatic carbocycles. The van der Waals surface area contributed by atoms with Crippen LogP contribution in [0.25, 0.3) is 0 Å². The van der Waals surface area contributed by atoms with Gasteiger partial charge in [0.05, 0.1) is 5.69 Å². The first-order chi connectivity index (χ1) is 9.33. The van der Waals surface area contributed by atoms with Gasteiger partial charge in [0, 0.05) is 0 Å². The van der Waals surface area contributed by atoms with E-state index in [4.69, 9.17) is 5.73 Å². The van der Waals surface area contributed by atoms with Crippen molar-refractivity contribution in [1.82, 2.24) is 5.73 Å². The average molecular weight is 260 g/mol. The molecule has 1 heteroatoms. The fourth-order valence-electron chi connectivity index (χ4n) is 2.49. The monoisotopic (exact) mass is 260 g/mol. The smallest absolute Gasteiger partial charge is 0.0540 e. The average Bonchev–Trinajstić information content (AvgIpc) is 2.43. The molecule has 107 valence electrons. The van der Waals surface area contributed by atoms with Crippen molar-refractivity contribution in [2.75, 3.05) is 0 Å². The lowest BCUT2D eigenvalue weighted by Crippen LogP contribution is -1.86. The van der Waals surface area contributed by atoms with Crippen molar-refractivity contribution in [3.63, 3.8) is 0 Å². The van der Waals surface area contributed by atoms with Crippen LogP contribution in [-0.4, -0.2) is 0 Å². The minimum Gasteiger partial charge on any atom is -0.301 e. The predicted octanol–water partition coefficient (Wildman–Crippen LogP) is 6.06. The fraction of sp³-hybridized carbons (Fsp3) is 0.667. The van der Waals surface area contributed by atoms with E-state index < -0.39 is 0 Å². The van der Waals surface area contributed by atoms with Gasteiger partial charge in [-0.05, 0) is 30.5 Å². The van der Waals surface area contributed by atoms with E-state index in [1.807, 2.05) is 12.1 Å². The first kappa shape index (κ1) is 16.1. The van der Waals surface area contributed by atoms with Gasteiger partial charge in [0.25, 0.3) is 0 Å². The van der Waals surface area contributed by atoms with E-state index in [2.05, 4.69) is 19.1 Å². The molecule has 0 bridgehead atoms. The zero-order valence-electron chi connectivity index (χ0n) is 12.6. The third-order valence-corrected chi connectivity index (χ3v) is 3.77. The van der Waals surface area contributed by atoms with Gasteiger partial charge in [0.2, 0.25) is 0 Å². The largest absolute Gasteiger partial charge is 0.301 e. The molecule has 0 heterocycles. The number of nitrogens with one attached hydrogen (secondary N) is 1. The Morgan fingerprint density at radius 3 is 1.68 bits per heavy atom. The summed E-state index contributed by atoms with van der Waals surface area (Å²) >= 11 is 0. The number of benzene rings is 1. The number of hydrogen-bond donors (Lipinski definition) is 0. The maximum absolute atomic E-state index is 7.44. The van der Waals surface area contributed by atoms with Crippen LogP contribution in [0.2, 0.25) is 0 Å². The second-order valence-corrected chi connectivity index (χ2v) is 5.63. The first-order valence-electron chi connectivity index (χ1n) is 8.13. The molecule has 19 heavy (non-hydrogen) atoms. The van der Waals surface area contributed by atoms with Crippen LogP contribution in [0.4, 0.5) is 5.69 Å². The number of unbranched alkanes of at least 4 members (excludes halogenated alkanes) is 9. The van der Waals surface area contributed by atoms with Crippen molar-refractivity contribution in [3.05, 3.63) is 29.8 Å². The van der Waals surface area contributed by atoms with Crippen molar-refractivity contribution in [1.29, 1.82) is 0 Å². The molecule has 1 N–H and O–H groups in total. The van der Waals surface area contributed by atoms with Gasteiger partial charge >= 0.3 is 0 Å². The van der Waals surface area contributed by atoms with Gasteiger partial charge in [-0.1, -0.05) is 76.8 Å². The van der Waals surface area contributed by atoms with E-state index in [0.717, 1.165) is 0 Å². The third-order valence-electron chi connectivity index (χ3n) is 3.77. The minimum atomic E-state index is 0.617. The summed E-state index contributed by atoms with van der Waals surface area (Å²) in [5.74, 6) is 0. The minimum absolute atomic E-state index is 0.617. The number of rotatable bonds is 11. The Kier molecular flexibility index (Phi) is 9.22. The Labute approximate surface area is 119 Å². The molecule has 0 aliphatic heterocycles. The standard InChI is InChI=1S/C18H30N/c1-2-3-4-5-6-7-8-9-10-11-12-17-13-15-18(19)16-14-17/h13-16,19H,2-12H2,1H3. The summed E-state index contributed by atoms with van der Waals surface area (Å²) in [5, 5.41) is 0. The highest BCUT2D eigenvalue weighted by Crippen LogP contribution is 2.13. The van der Waals surface area contributed by atoms with Gasteiger partial charge < -0.3 is 5.73 Å². The van der Waals surface area contributed by atoms with Crippen LogP contribution in [0.1, 0.15) is 76.7 Å². The maximum Gasteiger partial charge on any atom is 0.0540 e. The van der Waals surface area contributed by atoms with Crippen LogP contribution in [0.5, 0.6) is 0 Å². The van der Waals surface area contributed by atoms with Gasteiger partial charge in [-0.2, -0.15) is 0 Å². The van der Waals surface area contributed by atoms with E-state index in [9.17, 15) is 0 Å². The predicted molar refractivity (Wildman–Crippen MR) is 84.7 cm³/mol. The van der Waals surface area contributed by atoms with Gasteiger partial charge in [-0.25, -0.2) is 0 Å².